The van der Waals surface area contributed by atoms with E-state index in [4.69, 9.17) is 5.11 Å². The van der Waals surface area contributed by atoms with Gasteiger partial charge in [-0.05, 0) is 24.1 Å². The van der Waals surface area contributed by atoms with Crippen LogP contribution in [0.15, 0.2) is 42.7 Å². The van der Waals surface area contributed by atoms with Crippen molar-refractivity contribution in [3.8, 4) is 5.69 Å². The number of rotatable bonds is 7. The zero-order chi connectivity index (χ0) is 15.8. The van der Waals surface area contributed by atoms with Gasteiger partial charge in [0.2, 0.25) is 0 Å². The molecule has 0 aliphatic carbocycles. The number of aromatic nitrogens is 2. The number of para-hydroxylation sites is 1. The molecular formula is C15H18N4O3. The molecule has 2 rings (SSSR count). The third-order valence-electron chi connectivity index (χ3n) is 2.98. The normalized spacial score (nSPS) is 10.2. The first-order valence-corrected chi connectivity index (χ1v) is 6.97. The monoisotopic (exact) mass is 302 g/mol. The molecule has 2 amide bonds. The minimum absolute atomic E-state index is 0.0860. The van der Waals surface area contributed by atoms with Crippen molar-refractivity contribution in [1.29, 1.82) is 0 Å². The first-order valence-electron chi connectivity index (χ1n) is 6.97. The van der Waals surface area contributed by atoms with Gasteiger partial charge in [0.05, 0.1) is 18.3 Å². The third kappa shape index (κ3) is 4.93. The van der Waals surface area contributed by atoms with E-state index in [1.165, 1.54) is 0 Å². The Morgan fingerprint density at radius 2 is 1.86 bits per heavy atom. The Hall–Kier alpha value is -2.83. The Balaban J connectivity index is 1.73. The first kappa shape index (κ1) is 15.6. The fraction of sp³-hybridized carbons (Fsp3) is 0.267. The van der Waals surface area contributed by atoms with Crippen molar-refractivity contribution >= 4 is 12.0 Å². The average molecular weight is 302 g/mol. The van der Waals surface area contributed by atoms with Crippen LogP contribution in [0.25, 0.3) is 5.69 Å². The fourth-order valence-electron chi connectivity index (χ4n) is 1.88. The smallest absolute Gasteiger partial charge is 0.314 e. The van der Waals surface area contributed by atoms with Gasteiger partial charge in [0.1, 0.15) is 0 Å². The molecule has 0 saturated carbocycles. The quantitative estimate of drug-likeness (QED) is 0.715. The number of carboxylic acids is 1. The maximum absolute atomic E-state index is 11.4. The van der Waals surface area contributed by atoms with Gasteiger partial charge in [0.15, 0.2) is 0 Å². The molecule has 0 aliphatic heterocycles. The fourth-order valence-corrected chi connectivity index (χ4v) is 1.88. The van der Waals surface area contributed by atoms with E-state index in [1.54, 1.807) is 10.9 Å². The summed E-state index contributed by atoms with van der Waals surface area (Å²) in [5.41, 5.74) is 1.99. The summed E-state index contributed by atoms with van der Waals surface area (Å²) in [6.07, 6.45) is 4.24. The van der Waals surface area contributed by atoms with Crippen LogP contribution in [0.2, 0.25) is 0 Å². The van der Waals surface area contributed by atoms with Gasteiger partial charge in [-0.2, -0.15) is 5.10 Å². The number of hydrogen-bond donors (Lipinski definition) is 3. The Morgan fingerprint density at radius 1 is 1.14 bits per heavy atom. The molecule has 0 aliphatic rings. The van der Waals surface area contributed by atoms with Gasteiger partial charge in [0, 0.05) is 19.3 Å². The molecule has 116 valence electrons. The molecule has 2 aromatic rings. The van der Waals surface area contributed by atoms with Crippen molar-refractivity contribution in [3.05, 3.63) is 48.3 Å². The van der Waals surface area contributed by atoms with E-state index < -0.39 is 5.97 Å². The van der Waals surface area contributed by atoms with Gasteiger partial charge in [-0.25, -0.2) is 9.48 Å². The number of carbonyl (C=O) groups is 2. The number of carbonyl (C=O) groups excluding carboxylic acids is 1. The van der Waals surface area contributed by atoms with Crippen LogP contribution >= 0.6 is 0 Å². The minimum atomic E-state index is -0.936. The summed E-state index contributed by atoms with van der Waals surface area (Å²) in [5, 5.41) is 17.9. The van der Waals surface area contributed by atoms with E-state index in [0.717, 1.165) is 11.3 Å². The maximum Gasteiger partial charge on any atom is 0.314 e. The lowest BCUT2D eigenvalue weighted by Gasteiger charge is -2.05. The van der Waals surface area contributed by atoms with Crippen LogP contribution in [0.5, 0.6) is 0 Å². The van der Waals surface area contributed by atoms with E-state index in [-0.39, 0.29) is 19.0 Å². The standard InChI is InChI=1S/C15H18N4O3/c20-14(21)7-9-17-15(22)16-8-6-12-10-18-19(11-12)13-4-2-1-3-5-13/h1-5,10-11H,6-9H2,(H,20,21)(H2,16,17,22). The van der Waals surface area contributed by atoms with Gasteiger partial charge < -0.3 is 15.7 Å². The molecule has 0 saturated heterocycles. The van der Waals surface area contributed by atoms with Gasteiger partial charge in [-0.3, -0.25) is 4.79 Å². The lowest BCUT2D eigenvalue weighted by atomic mass is 10.2. The molecule has 0 fully saturated rings. The topological polar surface area (TPSA) is 96.2 Å². The second-order valence-corrected chi connectivity index (χ2v) is 4.71. The number of nitrogens with zero attached hydrogens (tertiary/aromatic N) is 2. The van der Waals surface area contributed by atoms with Crippen molar-refractivity contribution in [3.63, 3.8) is 0 Å². The number of urea groups is 1. The molecule has 0 spiro atoms. The van der Waals surface area contributed by atoms with Gasteiger partial charge in [-0.1, -0.05) is 18.2 Å². The van der Waals surface area contributed by atoms with Crippen LogP contribution < -0.4 is 10.6 Å². The summed E-state index contributed by atoms with van der Waals surface area (Å²) in [7, 11) is 0. The number of hydrogen-bond acceptors (Lipinski definition) is 3. The molecule has 0 bridgehead atoms. The summed E-state index contributed by atoms with van der Waals surface area (Å²) in [4.78, 5) is 21.7. The molecule has 0 unspecified atom stereocenters. The summed E-state index contributed by atoms with van der Waals surface area (Å²) in [5.74, 6) is -0.936. The molecule has 3 N–H and O–H groups in total. The van der Waals surface area contributed by atoms with Crippen molar-refractivity contribution < 1.29 is 14.7 Å². The lowest BCUT2D eigenvalue weighted by molar-refractivity contribution is -0.136. The molecule has 0 atom stereocenters. The Bertz CT molecular complexity index is 625. The van der Waals surface area contributed by atoms with Gasteiger partial charge in [-0.15, -0.1) is 0 Å². The van der Waals surface area contributed by atoms with E-state index in [2.05, 4.69) is 15.7 Å². The second-order valence-electron chi connectivity index (χ2n) is 4.71. The SMILES string of the molecule is O=C(O)CCNC(=O)NCCc1cnn(-c2ccccc2)c1. The third-order valence-corrected chi connectivity index (χ3v) is 2.98. The van der Waals surface area contributed by atoms with Gasteiger partial charge >= 0.3 is 12.0 Å². The van der Waals surface area contributed by atoms with Crippen LogP contribution in [0.3, 0.4) is 0 Å². The summed E-state index contributed by atoms with van der Waals surface area (Å²) < 4.78 is 1.78. The Labute approximate surface area is 128 Å². The molecule has 1 heterocycles. The Kier molecular flexibility index (Phi) is 5.53. The van der Waals surface area contributed by atoms with E-state index in [1.807, 2.05) is 36.5 Å². The van der Waals surface area contributed by atoms with Crippen LogP contribution in [0, 0.1) is 0 Å². The highest BCUT2D eigenvalue weighted by molar-refractivity contribution is 5.74. The van der Waals surface area contributed by atoms with E-state index >= 15 is 0 Å². The van der Waals surface area contributed by atoms with Crippen LogP contribution in [0.1, 0.15) is 12.0 Å². The largest absolute Gasteiger partial charge is 0.481 e. The minimum Gasteiger partial charge on any atom is -0.481 e. The highest BCUT2D eigenvalue weighted by Crippen LogP contribution is 2.07. The van der Waals surface area contributed by atoms with E-state index in [0.29, 0.717) is 13.0 Å². The average Bonchev–Trinajstić information content (AvgIpc) is 2.97. The first-order chi connectivity index (χ1) is 10.6. The molecule has 1 aromatic heterocycles. The zero-order valence-electron chi connectivity index (χ0n) is 12.0. The summed E-state index contributed by atoms with van der Waals surface area (Å²) in [6.45, 7) is 0.576. The predicted octanol–water partition coefficient (Wildman–Crippen LogP) is 1.19. The van der Waals surface area contributed by atoms with Crippen molar-refractivity contribution in [2.45, 2.75) is 12.8 Å². The maximum atomic E-state index is 11.4. The number of amides is 2. The number of carboxylic acid groups (broad SMARTS) is 1. The van der Waals surface area contributed by atoms with E-state index in [9.17, 15) is 9.59 Å². The number of aliphatic carboxylic acids is 1. The molecule has 7 heteroatoms. The van der Waals surface area contributed by atoms with Crippen LogP contribution in [0.4, 0.5) is 4.79 Å². The van der Waals surface area contributed by atoms with Gasteiger partial charge in [0.25, 0.3) is 0 Å². The van der Waals surface area contributed by atoms with Crippen molar-refractivity contribution in [2.24, 2.45) is 0 Å². The molecule has 22 heavy (non-hydrogen) atoms. The van der Waals surface area contributed by atoms with Crippen LogP contribution in [-0.2, 0) is 11.2 Å². The highest BCUT2D eigenvalue weighted by Gasteiger charge is 2.03. The number of benzene rings is 1. The summed E-state index contributed by atoms with van der Waals surface area (Å²) in [6, 6.07) is 9.40. The molecule has 7 nitrogen and oxygen atoms in total. The van der Waals surface area contributed by atoms with Crippen molar-refractivity contribution in [2.75, 3.05) is 13.1 Å². The lowest BCUT2D eigenvalue weighted by Crippen LogP contribution is -2.37. The number of nitrogens with one attached hydrogen (secondary N) is 2. The van der Waals surface area contributed by atoms with Crippen molar-refractivity contribution in [1.82, 2.24) is 20.4 Å². The molecular weight excluding hydrogens is 284 g/mol. The Morgan fingerprint density at radius 3 is 2.59 bits per heavy atom. The predicted molar refractivity (Wildman–Crippen MR) is 80.9 cm³/mol. The summed E-state index contributed by atoms with van der Waals surface area (Å²) >= 11 is 0. The zero-order valence-corrected chi connectivity index (χ0v) is 12.0. The molecule has 0 radical (unpaired) electrons. The highest BCUT2D eigenvalue weighted by atomic mass is 16.4. The molecule has 1 aromatic carbocycles. The van der Waals surface area contributed by atoms with Crippen LogP contribution in [-0.4, -0.2) is 40.0 Å². The second kappa shape index (κ2) is 7.82.